The summed E-state index contributed by atoms with van der Waals surface area (Å²) < 4.78 is 5.76. The van der Waals surface area contributed by atoms with Gasteiger partial charge in [0, 0.05) is 51.5 Å². The number of nitrogens with one attached hydrogen (secondary N) is 1. The predicted molar refractivity (Wildman–Crippen MR) is 205 cm³/mol. The van der Waals surface area contributed by atoms with Gasteiger partial charge >= 0.3 is 12.1 Å². The molecular weight excluding hydrogens is 637 g/mol. The molecule has 1 N–H and O–H groups in total. The standard InChI is InChI=1S/C42H62N6O3/c1-41(2,3)37(38-43-36(34-18-12-8-13-19-34)31-47(38)28-32-16-10-7-11-17-32)48(30-33-20-25-46(29-33)40(50)51-42(4,5)6)39(49)45-26-21-35(22-27-45)44-23-14-9-15-24-44/h7-8,10-13,16-19,31,33,35,37-38,43H,9,14-15,20-30H2,1-6H3. The van der Waals surface area contributed by atoms with Gasteiger partial charge < -0.3 is 34.6 Å². The molecule has 9 heteroatoms. The molecular formula is C42H62N6O3. The first-order valence-electron chi connectivity index (χ1n) is 19.5. The first-order valence-corrected chi connectivity index (χ1v) is 19.5. The van der Waals surface area contributed by atoms with E-state index in [-0.39, 0.29) is 35.7 Å². The predicted octanol–water partition coefficient (Wildman–Crippen LogP) is 7.46. The van der Waals surface area contributed by atoms with E-state index in [9.17, 15) is 4.79 Å². The van der Waals surface area contributed by atoms with Crippen LogP contribution < -0.4 is 5.32 Å². The van der Waals surface area contributed by atoms with Crippen LogP contribution in [0.15, 0.2) is 66.9 Å². The Morgan fingerprint density at radius 2 is 1.45 bits per heavy atom. The molecule has 0 aromatic heterocycles. The molecule has 3 saturated heterocycles. The SMILES string of the molecule is CC(C)(C)OC(=O)N1CCC(CN(C(=O)N2CCC(N3CCCCC3)CC2)C(C2NC(c3ccccc3)=CN2Cc2ccccc2)C(C)(C)C)C1. The third-order valence-corrected chi connectivity index (χ3v) is 11.1. The van der Waals surface area contributed by atoms with Crippen LogP contribution in [0.1, 0.15) is 91.2 Å². The van der Waals surface area contributed by atoms with Gasteiger partial charge in [-0.15, -0.1) is 0 Å². The molecule has 3 atom stereocenters. The lowest BCUT2D eigenvalue weighted by Gasteiger charge is -2.49. The van der Waals surface area contributed by atoms with Crippen LogP contribution in [0, 0.1) is 11.3 Å². The van der Waals surface area contributed by atoms with Gasteiger partial charge in [0.1, 0.15) is 11.8 Å². The van der Waals surface area contributed by atoms with E-state index in [2.05, 4.69) is 106 Å². The minimum atomic E-state index is -0.547. The smallest absolute Gasteiger partial charge is 0.410 e. The van der Waals surface area contributed by atoms with E-state index in [1.54, 1.807) is 0 Å². The van der Waals surface area contributed by atoms with Crippen LogP contribution in [0.3, 0.4) is 0 Å². The maximum Gasteiger partial charge on any atom is 0.410 e. The Labute approximate surface area is 307 Å². The monoisotopic (exact) mass is 698 g/mol. The van der Waals surface area contributed by atoms with Crippen molar-refractivity contribution in [2.24, 2.45) is 11.3 Å². The van der Waals surface area contributed by atoms with Crippen molar-refractivity contribution in [1.29, 1.82) is 0 Å². The zero-order valence-corrected chi connectivity index (χ0v) is 32.0. The minimum Gasteiger partial charge on any atom is -0.444 e. The highest BCUT2D eigenvalue weighted by molar-refractivity contribution is 5.76. The summed E-state index contributed by atoms with van der Waals surface area (Å²) in [6, 6.07) is 21.6. The number of nitrogens with zero attached hydrogens (tertiary/aromatic N) is 5. The highest BCUT2D eigenvalue weighted by Crippen LogP contribution is 2.36. The van der Waals surface area contributed by atoms with Crippen molar-refractivity contribution in [3.8, 4) is 0 Å². The molecule has 278 valence electrons. The highest BCUT2D eigenvalue weighted by Gasteiger charge is 2.46. The number of hydrogen-bond acceptors (Lipinski definition) is 6. The average Bonchev–Trinajstić information content (AvgIpc) is 3.75. The third-order valence-electron chi connectivity index (χ3n) is 11.1. The number of rotatable bonds is 8. The van der Waals surface area contributed by atoms with E-state index in [0.717, 1.165) is 50.2 Å². The number of carbonyl (C=O) groups is 2. The molecule has 51 heavy (non-hydrogen) atoms. The summed E-state index contributed by atoms with van der Waals surface area (Å²) in [7, 11) is 0. The molecule has 0 bridgehead atoms. The minimum absolute atomic E-state index is 0.123. The van der Waals surface area contributed by atoms with E-state index in [0.29, 0.717) is 25.7 Å². The van der Waals surface area contributed by atoms with E-state index in [1.165, 1.54) is 37.9 Å². The molecule has 0 spiro atoms. The van der Waals surface area contributed by atoms with E-state index < -0.39 is 5.60 Å². The molecule has 3 fully saturated rings. The summed E-state index contributed by atoms with van der Waals surface area (Å²) in [6.07, 6.45) is 8.63. The second-order valence-electron chi connectivity index (χ2n) is 17.3. The average molecular weight is 699 g/mol. The third kappa shape index (κ3) is 9.39. The maximum absolute atomic E-state index is 15.1. The largest absolute Gasteiger partial charge is 0.444 e. The van der Waals surface area contributed by atoms with Crippen LogP contribution in [0.25, 0.3) is 5.70 Å². The fourth-order valence-corrected chi connectivity index (χ4v) is 8.56. The van der Waals surface area contributed by atoms with Crippen LogP contribution in [0.2, 0.25) is 0 Å². The second-order valence-corrected chi connectivity index (χ2v) is 17.3. The van der Waals surface area contributed by atoms with Gasteiger partial charge in [0.05, 0.1) is 11.7 Å². The maximum atomic E-state index is 15.1. The lowest BCUT2D eigenvalue weighted by molar-refractivity contribution is 0.0188. The van der Waals surface area contributed by atoms with Crippen LogP contribution in [0.4, 0.5) is 9.59 Å². The summed E-state index contributed by atoms with van der Waals surface area (Å²) in [5.41, 5.74) is 2.61. The van der Waals surface area contributed by atoms with Gasteiger partial charge in [-0.2, -0.15) is 0 Å². The second kappa shape index (κ2) is 15.9. The Kier molecular flexibility index (Phi) is 11.5. The van der Waals surface area contributed by atoms with E-state index in [1.807, 2.05) is 31.7 Å². The van der Waals surface area contributed by atoms with Gasteiger partial charge in [-0.3, -0.25) is 0 Å². The number of amides is 3. The fraction of sp³-hybridized carbons (Fsp3) is 0.619. The van der Waals surface area contributed by atoms with E-state index >= 15 is 4.79 Å². The summed E-state index contributed by atoms with van der Waals surface area (Å²) in [5, 5.41) is 3.93. The Hall–Kier alpha value is -3.72. The fourth-order valence-electron chi connectivity index (χ4n) is 8.56. The van der Waals surface area contributed by atoms with Crippen molar-refractivity contribution < 1.29 is 14.3 Å². The molecule has 0 radical (unpaired) electrons. The summed E-state index contributed by atoms with van der Waals surface area (Å²) in [4.78, 5) is 39.4. The number of benzene rings is 2. The molecule has 4 aliphatic heterocycles. The van der Waals surface area contributed by atoms with Gasteiger partial charge in [0.25, 0.3) is 0 Å². The first-order chi connectivity index (χ1) is 24.4. The Balaban J connectivity index is 1.29. The Morgan fingerprint density at radius 1 is 0.824 bits per heavy atom. The lowest BCUT2D eigenvalue weighted by atomic mass is 9.82. The van der Waals surface area contributed by atoms with Crippen LogP contribution in [-0.4, -0.2) is 106 Å². The quantitative estimate of drug-likeness (QED) is 0.309. The first kappa shape index (κ1) is 37.1. The van der Waals surface area contributed by atoms with Gasteiger partial charge in [-0.25, -0.2) is 9.59 Å². The highest BCUT2D eigenvalue weighted by atomic mass is 16.6. The molecule has 2 aromatic rings. The molecule has 4 heterocycles. The van der Waals surface area contributed by atoms with Gasteiger partial charge in [0.15, 0.2) is 0 Å². The lowest BCUT2D eigenvalue weighted by Crippen LogP contribution is -2.64. The van der Waals surface area contributed by atoms with Crippen LogP contribution in [0.5, 0.6) is 0 Å². The van der Waals surface area contributed by atoms with Crippen molar-refractivity contribution in [2.75, 3.05) is 45.8 Å². The Morgan fingerprint density at radius 3 is 2.08 bits per heavy atom. The zero-order chi connectivity index (χ0) is 36.2. The number of carbonyl (C=O) groups excluding carboxylic acids is 2. The van der Waals surface area contributed by atoms with Crippen molar-refractivity contribution in [3.63, 3.8) is 0 Å². The molecule has 0 saturated carbocycles. The molecule has 2 aromatic carbocycles. The number of hydrogen-bond donors (Lipinski definition) is 1. The molecule has 6 rings (SSSR count). The molecule has 0 aliphatic carbocycles. The summed E-state index contributed by atoms with van der Waals surface area (Å²) in [6.45, 7) is 19.0. The molecule has 3 amide bonds. The van der Waals surface area contributed by atoms with Crippen molar-refractivity contribution in [3.05, 3.63) is 78.0 Å². The van der Waals surface area contributed by atoms with Crippen LogP contribution in [-0.2, 0) is 11.3 Å². The molecule has 3 unspecified atom stereocenters. The molecule has 4 aliphatic rings. The Bertz CT molecular complexity index is 1470. The van der Waals surface area contributed by atoms with Crippen molar-refractivity contribution >= 4 is 17.8 Å². The normalized spacial score (nSPS) is 22.8. The van der Waals surface area contributed by atoms with E-state index in [4.69, 9.17) is 4.74 Å². The number of likely N-dealkylation sites (tertiary alicyclic amines) is 3. The van der Waals surface area contributed by atoms with Gasteiger partial charge in [0.2, 0.25) is 0 Å². The summed E-state index contributed by atoms with van der Waals surface area (Å²) in [5.74, 6) is 0.155. The molecule has 9 nitrogen and oxygen atoms in total. The van der Waals surface area contributed by atoms with Gasteiger partial charge in [-0.05, 0) is 88.4 Å². The summed E-state index contributed by atoms with van der Waals surface area (Å²) >= 11 is 0. The topological polar surface area (TPSA) is 71.6 Å². The zero-order valence-electron chi connectivity index (χ0n) is 32.0. The number of ether oxygens (including phenoxy) is 1. The van der Waals surface area contributed by atoms with Crippen LogP contribution >= 0.6 is 0 Å². The van der Waals surface area contributed by atoms with Gasteiger partial charge in [-0.1, -0.05) is 87.9 Å². The van der Waals surface area contributed by atoms with Crippen molar-refractivity contribution in [1.82, 2.24) is 29.8 Å². The number of urea groups is 1. The number of piperidine rings is 2. The van der Waals surface area contributed by atoms with Crippen molar-refractivity contribution in [2.45, 2.75) is 110 Å².